The molecule has 2 rings (SSSR count). The Bertz CT molecular complexity index is 353. The molecule has 13 heavy (non-hydrogen) atoms. The summed E-state index contributed by atoms with van der Waals surface area (Å²) in [5, 5.41) is 0.720. The van der Waals surface area contributed by atoms with Crippen molar-refractivity contribution < 1.29 is 4.84 Å². The van der Waals surface area contributed by atoms with Gasteiger partial charge in [0.05, 0.1) is 0 Å². The van der Waals surface area contributed by atoms with Crippen LogP contribution in [0.4, 0.5) is 0 Å². The maximum Gasteiger partial charge on any atom is 0.131 e. The first-order valence-corrected chi connectivity index (χ1v) is 4.97. The first kappa shape index (κ1) is 9.06. The van der Waals surface area contributed by atoms with Gasteiger partial charge in [0.15, 0.2) is 0 Å². The summed E-state index contributed by atoms with van der Waals surface area (Å²) in [4.78, 5) is 5.26. The predicted molar refractivity (Wildman–Crippen MR) is 55.4 cm³/mol. The Kier molecular flexibility index (Phi) is 2.58. The predicted octanol–water partition coefficient (Wildman–Crippen LogP) is 3.15. The van der Waals surface area contributed by atoms with Gasteiger partial charge in [-0.15, -0.1) is 0 Å². The zero-order valence-corrected chi connectivity index (χ0v) is 8.97. The van der Waals surface area contributed by atoms with Crippen LogP contribution >= 0.6 is 27.5 Å². The molecule has 0 amide bonds. The van der Waals surface area contributed by atoms with Crippen molar-refractivity contribution in [1.82, 2.24) is 5.48 Å². The minimum Gasteiger partial charge on any atom is -0.263 e. The summed E-state index contributed by atoms with van der Waals surface area (Å²) in [5.74, 6) is 0. The van der Waals surface area contributed by atoms with Gasteiger partial charge in [0.25, 0.3) is 0 Å². The summed E-state index contributed by atoms with van der Waals surface area (Å²) in [6, 6.07) is 7.60. The van der Waals surface area contributed by atoms with Crippen molar-refractivity contribution >= 4 is 27.5 Å². The SMILES string of the molecule is Clc1cccc([C@H]2C=C(Br)NO2)c1. The first-order chi connectivity index (χ1) is 6.25. The van der Waals surface area contributed by atoms with E-state index < -0.39 is 0 Å². The van der Waals surface area contributed by atoms with Crippen LogP contribution in [0.15, 0.2) is 34.9 Å². The van der Waals surface area contributed by atoms with Gasteiger partial charge in [-0.05, 0) is 39.7 Å². The number of benzene rings is 1. The molecule has 1 aliphatic heterocycles. The highest BCUT2D eigenvalue weighted by Gasteiger charge is 2.16. The van der Waals surface area contributed by atoms with Gasteiger partial charge in [-0.25, -0.2) is 0 Å². The zero-order valence-electron chi connectivity index (χ0n) is 6.63. The van der Waals surface area contributed by atoms with Crippen LogP contribution in [0.25, 0.3) is 0 Å². The molecule has 0 unspecified atom stereocenters. The minimum absolute atomic E-state index is 0.0620. The normalized spacial score (nSPS) is 21.1. The highest BCUT2D eigenvalue weighted by atomic mass is 79.9. The van der Waals surface area contributed by atoms with Gasteiger partial charge in [0.2, 0.25) is 0 Å². The van der Waals surface area contributed by atoms with Gasteiger partial charge in [-0.2, -0.15) is 0 Å². The number of hydrogen-bond acceptors (Lipinski definition) is 2. The molecule has 1 aromatic carbocycles. The lowest BCUT2D eigenvalue weighted by Crippen LogP contribution is -2.05. The number of nitrogens with one attached hydrogen (secondary N) is 1. The fourth-order valence-electron chi connectivity index (χ4n) is 1.17. The van der Waals surface area contributed by atoms with E-state index in [9.17, 15) is 0 Å². The van der Waals surface area contributed by atoms with Gasteiger partial charge in [0.1, 0.15) is 10.7 Å². The van der Waals surface area contributed by atoms with E-state index in [1.54, 1.807) is 0 Å². The third-order valence-electron chi connectivity index (χ3n) is 1.76. The first-order valence-electron chi connectivity index (χ1n) is 3.80. The van der Waals surface area contributed by atoms with Crippen LogP contribution < -0.4 is 5.48 Å². The summed E-state index contributed by atoms with van der Waals surface area (Å²) in [6.07, 6.45) is 1.87. The Morgan fingerprint density at radius 3 is 2.92 bits per heavy atom. The largest absolute Gasteiger partial charge is 0.263 e. The molecule has 0 spiro atoms. The van der Waals surface area contributed by atoms with E-state index in [-0.39, 0.29) is 6.10 Å². The van der Waals surface area contributed by atoms with E-state index in [1.807, 2.05) is 30.3 Å². The minimum atomic E-state index is -0.0620. The second kappa shape index (κ2) is 3.70. The highest BCUT2D eigenvalue weighted by Crippen LogP contribution is 2.27. The van der Waals surface area contributed by atoms with Crippen LogP contribution in [-0.4, -0.2) is 0 Å². The zero-order chi connectivity index (χ0) is 9.26. The van der Waals surface area contributed by atoms with Crippen molar-refractivity contribution in [3.63, 3.8) is 0 Å². The number of hydroxylamine groups is 1. The lowest BCUT2D eigenvalue weighted by molar-refractivity contribution is 0.0458. The van der Waals surface area contributed by atoms with E-state index in [0.717, 1.165) is 15.2 Å². The van der Waals surface area contributed by atoms with Gasteiger partial charge in [-0.3, -0.25) is 10.3 Å². The van der Waals surface area contributed by atoms with Crippen LogP contribution in [0.5, 0.6) is 0 Å². The lowest BCUT2D eigenvalue weighted by Gasteiger charge is -2.06. The standard InChI is InChI=1S/C9H7BrClNO/c10-9-5-8(13-12-9)6-2-1-3-7(11)4-6/h1-5,8,12H/t8-/m1/s1. The molecule has 1 aromatic rings. The lowest BCUT2D eigenvalue weighted by atomic mass is 10.1. The number of halogens is 2. The summed E-state index contributed by atoms with van der Waals surface area (Å²) in [5.41, 5.74) is 3.76. The fourth-order valence-corrected chi connectivity index (χ4v) is 1.70. The van der Waals surface area contributed by atoms with E-state index in [0.29, 0.717) is 0 Å². The molecular formula is C9H7BrClNO. The van der Waals surface area contributed by atoms with E-state index in [1.165, 1.54) is 0 Å². The summed E-state index contributed by atoms with van der Waals surface area (Å²) < 4.78 is 0.845. The molecule has 0 radical (unpaired) electrons. The third kappa shape index (κ3) is 2.05. The van der Waals surface area contributed by atoms with E-state index in [2.05, 4.69) is 21.4 Å². The van der Waals surface area contributed by atoms with E-state index in [4.69, 9.17) is 16.4 Å². The van der Waals surface area contributed by atoms with E-state index >= 15 is 0 Å². The van der Waals surface area contributed by atoms with Crippen LogP contribution in [-0.2, 0) is 4.84 Å². The van der Waals surface area contributed by atoms with Gasteiger partial charge >= 0.3 is 0 Å². The summed E-state index contributed by atoms with van der Waals surface area (Å²) >= 11 is 9.14. The average Bonchev–Trinajstić information content (AvgIpc) is 2.52. The molecule has 2 nitrogen and oxygen atoms in total. The monoisotopic (exact) mass is 259 g/mol. The van der Waals surface area contributed by atoms with Crippen LogP contribution in [0, 0.1) is 0 Å². The second-order valence-electron chi connectivity index (χ2n) is 2.71. The summed E-state index contributed by atoms with van der Waals surface area (Å²) in [7, 11) is 0. The molecule has 0 bridgehead atoms. The molecule has 0 aliphatic carbocycles. The van der Waals surface area contributed by atoms with Crippen LogP contribution in [0.1, 0.15) is 11.7 Å². The fraction of sp³-hybridized carbons (Fsp3) is 0.111. The Labute approximate surface area is 89.6 Å². The molecule has 68 valence electrons. The van der Waals surface area contributed by atoms with Crippen molar-refractivity contribution in [2.24, 2.45) is 0 Å². The topological polar surface area (TPSA) is 21.3 Å². The van der Waals surface area contributed by atoms with Gasteiger partial charge < -0.3 is 0 Å². The van der Waals surface area contributed by atoms with Gasteiger partial charge in [0, 0.05) is 5.02 Å². The second-order valence-corrected chi connectivity index (χ2v) is 4.00. The van der Waals surface area contributed by atoms with Crippen LogP contribution in [0.3, 0.4) is 0 Å². The van der Waals surface area contributed by atoms with Crippen molar-refractivity contribution in [2.45, 2.75) is 6.10 Å². The van der Waals surface area contributed by atoms with Crippen molar-refractivity contribution in [3.8, 4) is 0 Å². The Morgan fingerprint density at radius 2 is 2.31 bits per heavy atom. The molecule has 0 aromatic heterocycles. The Hall–Kier alpha value is -0.510. The molecule has 1 atom stereocenters. The van der Waals surface area contributed by atoms with Gasteiger partial charge in [-0.1, -0.05) is 23.7 Å². The molecule has 0 saturated heterocycles. The Morgan fingerprint density at radius 1 is 1.46 bits per heavy atom. The maximum absolute atomic E-state index is 5.85. The van der Waals surface area contributed by atoms with Crippen molar-refractivity contribution in [2.75, 3.05) is 0 Å². The third-order valence-corrected chi connectivity index (χ3v) is 2.42. The molecule has 0 fully saturated rings. The smallest absolute Gasteiger partial charge is 0.131 e. The summed E-state index contributed by atoms with van der Waals surface area (Å²) in [6.45, 7) is 0. The van der Waals surface area contributed by atoms with Crippen LogP contribution in [0.2, 0.25) is 5.02 Å². The highest BCUT2D eigenvalue weighted by molar-refractivity contribution is 9.11. The molecule has 0 saturated carbocycles. The molecule has 1 aliphatic rings. The molecular weight excluding hydrogens is 253 g/mol. The quantitative estimate of drug-likeness (QED) is 0.783. The number of rotatable bonds is 1. The molecule has 1 N–H and O–H groups in total. The Balaban J connectivity index is 2.26. The maximum atomic E-state index is 5.85. The molecule has 4 heteroatoms. The van der Waals surface area contributed by atoms with Crippen molar-refractivity contribution in [3.05, 3.63) is 45.5 Å². The molecule has 1 heterocycles. The van der Waals surface area contributed by atoms with Crippen molar-refractivity contribution in [1.29, 1.82) is 0 Å². The average molecular weight is 261 g/mol. The number of hydrogen-bond donors (Lipinski definition) is 1.